The quantitative estimate of drug-likeness (QED) is 0.0541. The van der Waals surface area contributed by atoms with Crippen molar-refractivity contribution in [2.24, 2.45) is 52.8 Å². The Morgan fingerprint density at radius 1 is 0.914 bits per heavy atom. The molecule has 11 N–H and O–H groups in total. The Hall–Kier alpha value is -2.21. The van der Waals surface area contributed by atoms with Crippen LogP contribution in [0.3, 0.4) is 0 Å². The van der Waals surface area contributed by atoms with Gasteiger partial charge in [0.2, 0.25) is 12.0 Å². The summed E-state index contributed by atoms with van der Waals surface area (Å²) >= 11 is 0. The first-order valence-corrected chi connectivity index (χ1v) is 33.4. The molecule has 0 amide bonds. The minimum absolute atomic E-state index is 0.0138. The lowest BCUT2D eigenvalue weighted by Gasteiger charge is -2.67. The Kier molecular flexibility index (Phi) is 19.6. The number of aliphatic hydroxyl groups excluding tert-OH is 5. The van der Waals surface area contributed by atoms with Crippen molar-refractivity contribution in [3.63, 3.8) is 0 Å². The van der Waals surface area contributed by atoms with E-state index in [-0.39, 0.29) is 86.0 Å². The maximum Gasteiger partial charge on any atom is 0.306 e. The van der Waals surface area contributed by atoms with Crippen molar-refractivity contribution in [1.29, 1.82) is 0 Å². The van der Waals surface area contributed by atoms with Crippen LogP contribution in [0.2, 0.25) is 0 Å². The van der Waals surface area contributed by atoms with E-state index < -0.39 is 82.1 Å². The Bertz CT molecular complexity index is 2470. The summed E-state index contributed by atoms with van der Waals surface area (Å²) < 4.78 is 32.7. The predicted molar refractivity (Wildman–Crippen MR) is 313 cm³/mol. The molecule has 4 heterocycles. The fourth-order valence-corrected chi connectivity index (χ4v) is 22.2. The summed E-state index contributed by atoms with van der Waals surface area (Å²) in [7, 11) is 7.40. The van der Waals surface area contributed by atoms with E-state index in [9.17, 15) is 45.6 Å². The largest absolute Gasteiger partial charge is 0.485 e. The Morgan fingerprint density at radius 3 is 2.49 bits per heavy atom. The number of esters is 1. The van der Waals surface area contributed by atoms with Gasteiger partial charge in [0, 0.05) is 59.9 Å². The number of ether oxygens (including phenoxy) is 4. The lowest BCUT2D eigenvalue weighted by atomic mass is 9.50. The SMILES string of the molecule is CCOC(=O)CCc1cc2ccoc2c2c1OC1OC3(CSSC4(CCC5(CCC(CNC)C5)C4CCC4(O)CC(CCCO)CC(CNC)C4)C(CCC(C)CCCC3O)NCCO2)C2(O)CC3C=CC(O)C(CO)C3C1(O)C2O. The van der Waals surface area contributed by atoms with Gasteiger partial charge in [0.05, 0.1) is 30.7 Å². The van der Waals surface area contributed by atoms with Crippen molar-refractivity contribution in [2.75, 3.05) is 65.9 Å². The van der Waals surface area contributed by atoms with E-state index in [0.717, 1.165) is 96.6 Å². The van der Waals surface area contributed by atoms with Crippen LogP contribution in [-0.2, 0) is 20.7 Å². The molecule has 3 aliphatic heterocycles. The number of carbonyl (C=O) groups is 1. The van der Waals surface area contributed by atoms with Crippen LogP contribution in [0.5, 0.6) is 11.5 Å². The second-order valence-electron chi connectivity index (χ2n) is 26.6. The summed E-state index contributed by atoms with van der Waals surface area (Å²) in [5, 5.41) is 111. The van der Waals surface area contributed by atoms with Gasteiger partial charge in [0.1, 0.15) is 23.9 Å². The molecule has 10 rings (SSSR count). The summed E-state index contributed by atoms with van der Waals surface area (Å²) in [6.45, 7) is 6.14. The highest BCUT2D eigenvalue weighted by Gasteiger charge is 2.78. The number of aryl methyl sites for hydroxylation is 1. The average Bonchev–Trinajstić information content (AvgIpc) is 1.57. The molecular formula is C62H97N3O14S2. The van der Waals surface area contributed by atoms with Crippen molar-refractivity contribution in [3.05, 3.63) is 36.1 Å². The van der Waals surface area contributed by atoms with Crippen molar-refractivity contribution in [2.45, 2.75) is 200 Å². The van der Waals surface area contributed by atoms with Crippen LogP contribution in [0.1, 0.15) is 141 Å². The number of nitrogens with one attached hydrogen (secondary N) is 3. The number of fused-ring (bicyclic) bond motifs is 11. The van der Waals surface area contributed by atoms with Crippen LogP contribution in [-0.4, -0.2) is 171 Å². The fourth-order valence-electron chi connectivity index (χ4n) is 17.9. The number of furan rings is 1. The molecule has 19 atom stereocenters. The minimum atomic E-state index is -2.51. The van der Waals surface area contributed by atoms with Gasteiger partial charge in [0.15, 0.2) is 16.9 Å². The number of rotatable bonds is 15. The Morgan fingerprint density at radius 2 is 1.72 bits per heavy atom. The van der Waals surface area contributed by atoms with Crippen LogP contribution >= 0.6 is 21.6 Å². The first kappa shape index (κ1) is 61.9. The molecule has 81 heavy (non-hydrogen) atoms. The van der Waals surface area contributed by atoms with Crippen LogP contribution in [0.25, 0.3) is 11.0 Å². The first-order valence-electron chi connectivity index (χ1n) is 31.1. The second kappa shape index (κ2) is 25.6. The van der Waals surface area contributed by atoms with E-state index in [1.165, 1.54) is 0 Å². The van der Waals surface area contributed by atoms with Gasteiger partial charge < -0.3 is 80.2 Å². The summed E-state index contributed by atoms with van der Waals surface area (Å²) in [4.78, 5) is 13.1. The smallest absolute Gasteiger partial charge is 0.306 e. The van der Waals surface area contributed by atoms with Crippen LogP contribution in [0.4, 0.5) is 0 Å². The molecule has 1 aromatic carbocycles. The van der Waals surface area contributed by atoms with Gasteiger partial charge in [-0.1, -0.05) is 53.5 Å². The number of hydrogen-bond donors (Lipinski definition) is 11. The summed E-state index contributed by atoms with van der Waals surface area (Å²) in [6, 6.07) is 3.59. The molecule has 0 radical (unpaired) electrons. The second-order valence-corrected chi connectivity index (χ2v) is 29.2. The van der Waals surface area contributed by atoms with Gasteiger partial charge in [-0.15, -0.1) is 0 Å². The van der Waals surface area contributed by atoms with Crippen molar-refractivity contribution >= 4 is 38.5 Å². The fraction of sp³-hybridized carbons (Fsp3) is 0.823. The predicted octanol–water partition coefficient (Wildman–Crippen LogP) is 6.17. The van der Waals surface area contributed by atoms with E-state index in [0.29, 0.717) is 60.1 Å². The minimum Gasteiger partial charge on any atom is -0.485 e. The topological polar surface area (TPSA) is 265 Å². The maximum absolute atomic E-state index is 13.9. The molecule has 5 bridgehead atoms. The third-order valence-corrected chi connectivity index (χ3v) is 25.0. The molecule has 4 saturated carbocycles. The highest BCUT2D eigenvalue weighted by molar-refractivity contribution is 8.77. The number of carbonyl (C=O) groups excluding carboxylic acids is 1. The average molecular weight is 1170 g/mol. The lowest BCUT2D eigenvalue weighted by Crippen LogP contribution is -2.86. The molecule has 17 nitrogen and oxygen atoms in total. The molecule has 3 spiro atoms. The molecule has 8 aliphatic rings. The third kappa shape index (κ3) is 11.7. The highest BCUT2D eigenvalue weighted by Crippen LogP contribution is 2.69. The summed E-state index contributed by atoms with van der Waals surface area (Å²) in [5.41, 5.74) is -6.85. The van der Waals surface area contributed by atoms with Crippen LogP contribution < -0.4 is 25.4 Å². The molecule has 456 valence electrons. The molecule has 5 aliphatic carbocycles. The zero-order valence-electron chi connectivity index (χ0n) is 48.5. The van der Waals surface area contributed by atoms with Gasteiger partial charge in [-0.05, 0) is 202 Å². The zero-order valence-corrected chi connectivity index (χ0v) is 50.2. The van der Waals surface area contributed by atoms with Crippen LogP contribution in [0.15, 0.2) is 35.0 Å². The molecule has 2 saturated heterocycles. The van der Waals surface area contributed by atoms with Crippen molar-refractivity contribution in [1.82, 2.24) is 16.0 Å². The zero-order chi connectivity index (χ0) is 57.4. The standard InChI is InChI=1S/C62H97N3O14S2/c1-5-75-50(70)16-13-42-29-43-19-26-76-52(43)54-53(42)78-56-62(74)51-44(12-14-46(68)45(51)36-67)33-60(73,55(62)71)61(79-56)37-80-81-59(48(65-24-27-77-54)15-11-38(2)8-6-10-49(61)69)23-22-57(20-17-40(30-57)34-63-3)47(59)18-21-58(72)31-39(9-7-25-66)28-41(32-58)35-64-4/h12,14,19,26,29,38-41,44-49,51,55-56,63-69,71-74H,5-11,13,15-18,20-25,27-28,30-37H2,1-4H3. The summed E-state index contributed by atoms with van der Waals surface area (Å²) in [5.74, 6) is -1.46. The molecule has 2 aromatic rings. The van der Waals surface area contributed by atoms with E-state index >= 15 is 0 Å². The van der Waals surface area contributed by atoms with Gasteiger partial charge >= 0.3 is 5.97 Å². The van der Waals surface area contributed by atoms with Gasteiger partial charge in [-0.3, -0.25) is 4.79 Å². The highest BCUT2D eigenvalue weighted by atomic mass is 33.1. The Labute approximate surface area is 487 Å². The van der Waals surface area contributed by atoms with Crippen molar-refractivity contribution < 1.29 is 69.0 Å². The monoisotopic (exact) mass is 1170 g/mol. The van der Waals surface area contributed by atoms with Crippen molar-refractivity contribution in [3.8, 4) is 11.5 Å². The lowest BCUT2D eigenvalue weighted by molar-refractivity contribution is -0.424. The first-order chi connectivity index (χ1) is 39.0. The maximum atomic E-state index is 13.9. The van der Waals surface area contributed by atoms with Gasteiger partial charge in [0.25, 0.3) is 0 Å². The van der Waals surface area contributed by atoms with Gasteiger partial charge in [-0.2, -0.15) is 0 Å². The van der Waals surface area contributed by atoms with E-state index in [1.807, 2.05) is 31.0 Å². The summed E-state index contributed by atoms with van der Waals surface area (Å²) in [6.07, 6.45) is 12.4. The van der Waals surface area contributed by atoms with E-state index in [4.69, 9.17) is 23.4 Å². The number of hydrogen-bond acceptors (Lipinski definition) is 19. The number of allylic oxidation sites excluding steroid dienone is 1. The molecule has 1 aromatic heterocycles. The third-order valence-electron chi connectivity index (χ3n) is 21.6. The molecular weight excluding hydrogens is 1070 g/mol. The number of aliphatic hydroxyl groups is 8. The molecule has 6 fully saturated rings. The molecule has 19 heteroatoms. The van der Waals surface area contributed by atoms with Gasteiger partial charge in [-0.25, -0.2) is 0 Å². The normalized spacial score (nSPS) is 42.8. The Balaban J connectivity index is 1.14. The van der Waals surface area contributed by atoms with E-state index in [2.05, 4.69) is 22.9 Å². The molecule has 19 unspecified atom stereocenters. The number of benzene rings is 1. The van der Waals surface area contributed by atoms with Crippen LogP contribution in [0, 0.1) is 52.8 Å². The van der Waals surface area contributed by atoms with E-state index in [1.54, 1.807) is 42.2 Å².